The van der Waals surface area contributed by atoms with Gasteiger partial charge in [-0.05, 0) is 24.6 Å². The number of nitrogens with one attached hydrogen (secondary N) is 1. The van der Waals surface area contributed by atoms with Gasteiger partial charge in [0, 0.05) is 12.2 Å². The van der Waals surface area contributed by atoms with Crippen LogP contribution in [0.5, 0.6) is 0 Å². The number of ether oxygens (including phenoxy) is 1. The second-order valence-electron chi connectivity index (χ2n) is 4.94. The molecule has 1 saturated heterocycles. The van der Waals surface area contributed by atoms with Crippen molar-refractivity contribution >= 4 is 17.7 Å². The van der Waals surface area contributed by atoms with Crippen molar-refractivity contribution in [1.82, 2.24) is 5.32 Å². The van der Waals surface area contributed by atoms with Crippen LogP contribution < -0.4 is 16.0 Å². The third-order valence-electron chi connectivity index (χ3n) is 3.01. The number of hydrogen-bond donors (Lipinski definition) is 2. The summed E-state index contributed by atoms with van der Waals surface area (Å²) in [7, 11) is 0. The van der Waals surface area contributed by atoms with Gasteiger partial charge >= 0.3 is 6.09 Å². The van der Waals surface area contributed by atoms with Crippen LogP contribution in [-0.4, -0.2) is 31.7 Å². The number of nitrogens with two attached hydrogens (primary N) is 1. The van der Waals surface area contributed by atoms with E-state index in [0.717, 1.165) is 16.8 Å². The van der Waals surface area contributed by atoms with E-state index in [1.165, 1.54) is 0 Å². The minimum atomic E-state index is -0.297. The summed E-state index contributed by atoms with van der Waals surface area (Å²) < 4.78 is 4.91. The summed E-state index contributed by atoms with van der Waals surface area (Å²) in [6.07, 6.45) is -0.297. The van der Waals surface area contributed by atoms with Crippen molar-refractivity contribution in [2.45, 2.75) is 13.5 Å². The van der Waals surface area contributed by atoms with Gasteiger partial charge in [0.05, 0.1) is 13.1 Å². The number of aliphatic imine (C=N–C) groups is 1. The van der Waals surface area contributed by atoms with Crippen LogP contribution in [-0.2, 0) is 11.3 Å². The average Bonchev–Trinajstić information content (AvgIpc) is 2.89. The van der Waals surface area contributed by atoms with Crippen LogP contribution in [0.15, 0.2) is 41.4 Å². The zero-order valence-electron chi connectivity index (χ0n) is 12.1. The molecule has 0 radical (unpaired) electrons. The Morgan fingerprint density at radius 3 is 2.76 bits per heavy atom. The highest BCUT2D eigenvalue weighted by Gasteiger charge is 2.23. The lowest BCUT2D eigenvalue weighted by Crippen LogP contribution is -2.32. The average molecular weight is 288 g/mol. The van der Waals surface area contributed by atoms with Crippen molar-refractivity contribution < 1.29 is 9.53 Å². The zero-order valence-corrected chi connectivity index (χ0v) is 12.1. The molecule has 6 nitrogen and oxygen atoms in total. The minimum absolute atomic E-state index is 0.297. The van der Waals surface area contributed by atoms with E-state index in [-0.39, 0.29) is 6.09 Å². The molecular formula is C15H20N4O2. The van der Waals surface area contributed by atoms with E-state index in [0.29, 0.717) is 32.2 Å². The number of rotatable bonds is 5. The van der Waals surface area contributed by atoms with Crippen LogP contribution in [0.25, 0.3) is 0 Å². The summed E-state index contributed by atoms with van der Waals surface area (Å²) in [6.45, 7) is 7.84. The quantitative estimate of drug-likeness (QED) is 0.490. The molecule has 1 heterocycles. The molecule has 3 N–H and O–H groups in total. The number of benzene rings is 1. The van der Waals surface area contributed by atoms with Gasteiger partial charge in [0.1, 0.15) is 6.61 Å². The second kappa shape index (κ2) is 6.78. The van der Waals surface area contributed by atoms with E-state index in [1.54, 1.807) is 4.90 Å². The third-order valence-corrected chi connectivity index (χ3v) is 3.01. The van der Waals surface area contributed by atoms with Crippen LogP contribution >= 0.6 is 0 Å². The Kier molecular flexibility index (Phi) is 4.81. The predicted molar refractivity (Wildman–Crippen MR) is 83.3 cm³/mol. The maximum Gasteiger partial charge on any atom is 0.414 e. The first-order valence-corrected chi connectivity index (χ1v) is 6.77. The van der Waals surface area contributed by atoms with Crippen molar-refractivity contribution in [3.05, 3.63) is 42.0 Å². The zero-order chi connectivity index (χ0) is 15.2. The van der Waals surface area contributed by atoms with E-state index in [4.69, 9.17) is 10.5 Å². The summed E-state index contributed by atoms with van der Waals surface area (Å²) in [5, 5.41) is 2.97. The molecule has 1 aliphatic heterocycles. The molecule has 0 atom stereocenters. The SMILES string of the molecule is C=C(C)CNC(N)=NCc1ccc(N2CCOC2=O)cc1. The fourth-order valence-corrected chi connectivity index (χ4v) is 1.88. The van der Waals surface area contributed by atoms with Crippen molar-refractivity contribution in [2.75, 3.05) is 24.6 Å². The summed E-state index contributed by atoms with van der Waals surface area (Å²) in [6, 6.07) is 7.62. The van der Waals surface area contributed by atoms with E-state index in [9.17, 15) is 4.79 Å². The van der Waals surface area contributed by atoms with Gasteiger partial charge in [0.25, 0.3) is 0 Å². The first-order valence-electron chi connectivity index (χ1n) is 6.77. The minimum Gasteiger partial charge on any atom is -0.447 e. The highest BCUT2D eigenvalue weighted by Crippen LogP contribution is 2.19. The number of nitrogens with zero attached hydrogens (tertiary/aromatic N) is 2. The normalized spacial score (nSPS) is 15.0. The lowest BCUT2D eigenvalue weighted by molar-refractivity contribution is 0.181. The van der Waals surface area contributed by atoms with E-state index in [1.807, 2.05) is 31.2 Å². The van der Waals surface area contributed by atoms with Crippen LogP contribution in [0.3, 0.4) is 0 Å². The van der Waals surface area contributed by atoms with Crippen molar-refractivity contribution in [3.63, 3.8) is 0 Å². The van der Waals surface area contributed by atoms with Gasteiger partial charge in [-0.1, -0.05) is 24.3 Å². The van der Waals surface area contributed by atoms with Gasteiger partial charge in [-0.2, -0.15) is 0 Å². The number of guanidine groups is 1. The Bertz CT molecular complexity index is 551. The molecule has 0 aromatic heterocycles. The molecule has 0 saturated carbocycles. The Hall–Kier alpha value is -2.50. The summed E-state index contributed by atoms with van der Waals surface area (Å²) >= 11 is 0. The van der Waals surface area contributed by atoms with Gasteiger partial charge in [-0.3, -0.25) is 4.90 Å². The van der Waals surface area contributed by atoms with Crippen molar-refractivity contribution in [1.29, 1.82) is 0 Å². The fraction of sp³-hybridized carbons (Fsp3) is 0.333. The standard InChI is InChI=1S/C15H20N4O2/c1-11(2)9-17-14(16)18-10-12-3-5-13(6-4-12)19-7-8-21-15(19)20/h3-6H,1,7-10H2,2H3,(H3,16,17,18). The summed E-state index contributed by atoms with van der Waals surface area (Å²) in [4.78, 5) is 17.3. The number of hydrogen-bond acceptors (Lipinski definition) is 3. The summed E-state index contributed by atoms with van der Waals surface area (Å²) in [5.41, 5.74) is 8.59. The molecule has 21 heavy (non-hydrogen) atoms. The monoisotopic (exact) mass is 288 g/mol. The largest absolute Gasteiger partial charge is 0.447 e. The molecule has 1 fully saturated rings. The van der Waals surface area contributed by atoms with E-state index < -0.39 is 0 Å². The molecule has 0 aliphatic carbocycles. The molecule has 0 unspecified atom stereocenters. The van der Waals surface area contributed by atoms with Gasteiger partial charge in [-0.15, -0.1) is 0 Å². The first-order chi connectivity index (χ1) is 10.1. The second-order valence-corrected chi connectivity index (χ2v) is 4.94. The van der Waals surface area contributed by atoms with Crippen LogP contribution in [0, 0.1) is 0 Å². The van der Waals surface area contributed by atoms with Crippen LogP contribution in [0.4, 0.5) is 10.5 Å². The molecule has 0 spiro atoms. The molecule has 0 bridgehead atoms. The lowest BCUT2D eigenvalue weighted by atomic mass is 10.2. The number of carbonyl (C=O) groups excluding carboxylic acids is 1. The Balaban J connectivity index is 1.91. The summed E-state index contributed by atoms with van der Waals surface area (Å²) in [5.74, 6) is 0.394. The molecule has 6 heteroatoms. The molecule has 2 rings (SSSR count). The molecule has 1 aromatic carbocycles. The first kappa shape index (κ1) is 14.9. The molecule has 112 valence electrons. The van der Waals surface area contributed by atoms with E-state index in [2.05, 4.69) is 16.9 Å². The number of carbonyl (C=O) groups is 1. The number of anilines is 1. The smallest absolute Gasteiger partial charge is 0.414 e. The Labute approximate surface area is 124 Å². The predicted octanol–water partition coefficient (Wildman–Crippen LogP) is 1.62. The fourth-order valence-electron chi connectivity index (χ4n) is 1.88. The van der Waals surface area contributed by atoms with E-state index >= 15 is 0 Å². The highest BCUT2D eigenvalue weighted by atomic mass is 16.6. The van der Waals surface area contributed by atoms with Crippen LogP contribution in [0.1, 0.15) is 12.5 Å². The molecule has 1 aliphatic rings. The third kappa shape index (κ3) is 4.24. The number of cyclic esters (lactones) is 1. The topological polar surface area (TPSA) is 79.9 Å². The molecule has 1 aromatic rings. The maximum absolute atomic E-state index is 11.5. The van der Waals surface area contributed by atoms with Gasteiger partial charge in [-0.25, -0.2) is 9.79 Å². The van der Waals surface area contributed by atoms with Gasteiger partial charge in [0.2, 0.25) is 0 Å². The Morgan fingerprint density at radius 2 is 2.19 bits per heavy atom. The van der Waals surface area contributed by atoms with Crippen molar-refractivity contribution in [2.24, 2.45) is 10.7 Å². The Morgan fingerprint density at radius 1 is 1.48 bits per heavy atom. The maximum atomic E-state index is 11.5. The van der Waals surface area contributed by atoms with Gasteiger partial charge < -0.3 is 15.8 Å². The van der Waals surface area contributed by atoms with Gasteiger partial charge in [0.15, 0.2) is 5.96 Å². The lowest BCUT2D eigenvalue weighted by Gasteiger charge is -2.12. The van der Waals surface area contributed by atoms with Crippen molar-refractivity contribution in [3.8, 4) is 0 Å². The highest BCUT2D eigenvalue weighted by molar-refractivity contribution is 5.89. The van der Waals surface area contributed by atoms with Crippen LogP contribution in [0.2, 0.25) is 0 Å². The number of amides is 1. The molecular weight excluding hydrogens is 268 g/mol. The molecule has 1 amide bonds.